The van der Waals surface area contributed by atoms with Crippen LogP contribution < -0.4 is 16.2 Å². The normalized spacial score (nSPS) is 17.2. The second-order valence-electron chi connectivity index (χ2n) is 5.30. The lowest BCUT2D eigenvalue weighted by Crippen LogP contribution is -2.26. The van der Waals surface area contributed by atoms with Crippen LogP contribution in [-0.2, 0) is 6.42 Å². The Balaban J connectivity index is 1.96. The summed E-state index contributed by atoms with van der Waals surface area (Å²) in [4.78, 5) is 11.3. The number of rotatable bonds is 2. The number of aromatic nitrogens is 3. The van der Waals surface area contributed by atoms with E-state index < -0.39 is 0 Å². The first-order chi connectivity index (χ1) is 10.3. The Morgan fingerprint density at radius 3 is 3.05 bits per heavy atom. The lowest BCUT2D eigenvalue weighted by molar-refractivity contribution is 0.750. The summed E-state index contributed by atoms with van der Waals surface area (Å²) in [5, 5.41) is 0. The van der Waals surface area contributed by atoms with Gasteiger partial charge in [-0.25, -0.2) is 15.8 Å². The fourth-order valence-electron chi connectivity index (χ4n) is 3.03. The Kier molecular flexibility index (Phi) is 2.58. The predicted octanol–water partition coefficient (Wildman–Crippen LogP) is 2.10. The second kappa shape index (κ2) is 4.46. The third kappa shape index (κ3) is 1.76. The molecule has 6 heteroatoms. The number of nitrogen functional groups attached to an aromatic ring is 1. The fourth-order valence-corrected chi connectivity index (χ4v) is 3.03. The molecule has 6 nitrogen and oxygen atoms in total. The number of hydrogen-bond acceptors (Lipinski definition) is 5. The molecule has 106 valence electrons. The van der Waals surface area contributed by atoms with Gasteiger partial charge in [-0.15, -0.1) is 0 Å². The molecule has 1 unspecified atom stereocenters. The van der Waals surface area contributed by atoms with Gasteiger partial charge in [0.1, 0.15) is 0 Å². The van der Waals surface area contributed by atoms with Crippen LogP contribution in [0.1, 0.15) is 12.5 Å². The number of fused-ring (bicyclic) bond motifs is 2. The molecule has 0 spiro atoms. The Hall–Kier alpha value is -2.60. The molecule has 4 rings (SSSR count). The highest BCUT2D eigenvalue weighted by molar-refractivity contribution is 5.78. The van der Waals surface area contributed by atoms with Crippen LogP contribution in [-0.4, -0.2) is 20.4 Å². The van der Waals surface area contributed by atoms with Gasteiger partial charge in [-0.05, 0) is 25.0 Å². The molecule has 0 fully saturated rings. The molecule has 0 bridgehead atoms. The van der Waals surface area contributed by atoms with Crippen LogP contribution in [0, 0.1) is 0 Å². The van der Waals surface area contributed by atoms with Crippen LogP contribution in [0.4, 0.5) is 17.3 Å². The Bertz CT molecular complexity index is 809. The van der Waals surface area contributed by atoms with Crippen molar-refractivity contribution >= 4 is 23.0 Å². The van der Waals surface area contributed by atoms with Crippen LogP contribution in [0.3, 0.4) is 0 Å². The second-order valence-corrected chi connectivity index (χ2v) is 5.30. The molecule has 2 aromatic heterocycles. The molecule has 1 aliphatic rings. The van der Waals surface area contributed by atoms with Gasteiger partial charge in [0.25, 0.3) is 0 Å². The van der Waals surface area contributed by atoms with Crippen molar-refractivity contribution in [2.45, 2.75) is 19.4 Å². The van der Waals surface area contributed by atoms with Gasteiger partial charge in [-0.3, -0.25) is 0 Å². The standard InChI is InChI=1S/C15H16N6/c1-10-8-11-4-2-3-5-12(11)21(10)15-14-17-6-7-20(14)9-13(18-15)19-16/h2-7,9-10,19H,8,16H2,1H3. The Morgan fingerprint density at radius 1 is 1.33 bits per heavy atom. The minimum atomic E-state index is 0.337. The molecule has 1 atom stereocenters. The summed E-state index contributed by atoms with van der Waals surface area (Å²) in [5.41, 5.74) is 5.98. The zero-order chi connectivity index (χ0) is 14.4. The third-order valence-corrected chi connectivity index (χ3v) is 3.94. The van der Waals surface area contributed by atoms with Crippen molar-refractivity contribution in [3.8, 4) is 0 Å². The van der Waals surface area contributed by atoms with Gasteiger partial charge in [0.05, 0.1) is 6.20 Å². The maximum absolute atomic E-state index is 5.54. The van der Waals surface area contributed by atoms with E-state index in [9.17, 15) is 0 Å². The lowest BCUT2D eigenvalue weighted by Gasteiger charge is -2.24. The number of benzene rings is 1. The third-order valence-electron chi connectivity index (χ3n) is 3.94. The van der Waals surface area contributed by atoms with Gasteiger partial charge < -0.3 is 14.7 Å². The van der Waals surface area contributed by atoms with Crippen molar-refractivity contribution < 1.29 is 0 Å². The highest BCUT2D eigenvalue weighted by Crippen LogP contribution is 2.38. The summed E-state index contributed by atoms with van der Waals surface area (Å²) in [6, 6.07) is 8.76. The highest BCUT2D eigenvalue weighted by Gasteiger charge is 2.29. The van der Waals surface area contributed by atoms with Crippen molar-refractivity contribution in [1.29, 1.82) is 0 Å². The zero-order valence-electron chi connectivity index (χ0n) is 11.7. The van der Waals surface area contributed by atoms with Crippen molar-refractivity contribution in [1.82, 2.24) is 14.4 Å². The molecule has 1 aliphatic heterocycles. The maximum atomic E-state index is 5.54. The van der Waals surface area contributed by atoms with Crippen molar-refractivity contribution in [2.75, 3.05) is 10.3 Å². The summed E-state index contributed by atoms with van der Waals surface area (Å²) >= 11 is 0. The van der Waals surface area contributed by atoms with E-state index in [-0.39, 0.29) is 0 Å². The minimum Gasteiger partial charge on any atom is -0.320 e. The van der Waals surface area contributed by atoms with Gasteiger partial charge in [-0.1, -0.05) is 18.2 Å². The zero-order valence-corrected chi connectivity index (χ0v) is 11.7. The van der Waals surface area contributed by atoms with E-state index in [1.54, 1.807) is 6.20 Å². The van der Waals surface area contributed by atoms with Crippen molar-refractivity contribution in [2.24, 2.45) is 5.84 Å². The molecule has 3 aromatic rings. The maximum Gasteiger partial charge on any atom is 0.180 e. The number of nitrogens with two attached hydrogens (primary N) is 1. The number of hydrogen-bond donors (Lipinski definition) is 2. The summed E-state index contributed by atoms with van der Waals surface area (Å²) in [6.07, 6.45) is 6.50. The van der Waals surface area contributed by atoms with E-state index in [1.807, 2.05) is 16.8 Å². The monoisotopic (exact) mass is 280 g/mol. The molecule has 21 heavy (non-hydrogen) atoms. The van der Waals surface area contributed by atoms with Crippen LogP contribution in [0.25, 0.3) is 5.65 Å². The summed E-state index contributed by atoms with van der Waals surface area (Å²) in [6.45, 7) is 2.20. The van der Waals surface area contributed by atoms with Crippen LogP contribution >= 0.6 is 0 Å². The first-order valence-electron chi connectivity index (χ1n) is 6.95. The largest absolute Gasteiger partial charge is 0.320 e. The van der Waals surface area contributed by atoms with Gasteiger partial charge in [-0.2, -0.15) is 0 Å². The number of nitrogens with one attached hydrogen (secondary N) is 1. The molecular formula is C15H16N6. The number of imidazole rings is 1. The summed E-state index contributed by atoms with van der Waals surface area (Å²) < 4.78 is 1.94. The number of para-hydroxylation sites is 1. The van der Waals surface area contributed by atoms with Crippen LogP contribution in [0.5, 0.6) is 0 Å². The molecule has 0 amide bonds. The molecule has 0 saturated heterocycles. The molecule has 0 radical (unpaired) electrons. The first-order valence-corrected chi connectivity index (χ1v) is 6.95. The molecule has 3 heterocycles. The SMILES string of the molecule is CC1Cc2ccccc2N1c1nc(NN)cn2ccnc12. The van der Waals surface area contributed by atoms with E-state index in [0.717, 1.165) is 17.9 Å². The molecule has 3 N–H and O–H groups in total. The lowest BCUT2D eigenvalue weighted by atomic mass is 10.1. The van der Waals surface area contributed by atoms with Gasteiger partial charge in [0.15, 0.2) is 17.3 Å². The fraction of sp³-hybridized carbons (Fsp3) is 0.200. The van der Waals surface area contributed by atoms with Crippen LogP contribution in [0.15, 0.2) is 42.9 Å². The van der Waals surface area contributed by atoms with Crippen LogP contribution in [0.2, 0.25) is 0 Å². The molecule has 1 aromatic carbocycles. The highest BCUT2D eigenvalue weighted by atomic mass is 15.3. The van der Waals surface area contributed by atoms with E-state index in [1.165, 1.54) is 11.3 Å². The Morgan fingerprint density at radius 2 is 2.19 bits per heavy atom. The van der Waals surface area contributed by atoms with Gasteiger partial charge in [0, 0.05) is 24.1 Å². The molecule has 0 aliphatic carbocycles. The average molecular weight is 280 g/mol. The Labute approximate surface area is 122 Å². The molecule has 0 saturated carbocycles. The van der Waals surface area contributed by atoms with E-state index in [2.05, 4.69) is 51.5 Å². The minimum absolute atomic E-state index is 0.337. The van der Waals surface area contributed by atoms with E-state index in [0.29, 0.717) is 11.9 Å². The van der Waals surface area contributed by atoms with Crippen molar-refractivity contribution in [3.05, 3.63) is 48.4 Å². The quantitative estimate of drug-likeness (QED) is 0.555. The topological polar surface area (TPSA) is 71.5 Å². The smallest absolute Gasteiger partial charge is 0.180 e. The van der Waals surface area contributed by atoms with Crippen molar-refractivity contribution in [3.63, 3.8) is 0 Å². The summed E-state index contributed by atoms with van der Waals surface area (Å²) in [7, 11) is 0. The number of nitrogens with zero attached hydrogens (tertiary/aromatic N) is 4. The number of hydrazine groups is 1. The average Bonchev–Trinajstić information content (AvgIpc) is 3.09. The number of anilines is 3. The van der Waals surface area contributed by atoms with Gasteiger partial charge in [0.2, 0.25) is 0 Å². The van der Waals surface area contributed by atoms with Gasteiger partial charge >= 0.3 is 0 Å². The first kappa shape index (κ1) is 12.2. The predicted molar refractivity (Wildman–Crippen MR) is 82.5 cm³/mol. The van der Waals surface area contributed by atoms with E-state index in [4.69, 9.17) is 5.84 Å². The summed E-state index contributed by atoms with van der Waals surface area (Å²) in [5.74, 6) is 6.99. The molecular weight excluding hydrogens is 264 g/mol. The van der Waals surface area contributed by atoms with E-state index >= 15 is 0 Å².